The van der Waals surface area contributed by atoms with Crippen LogP contribution in [0.2, 0.25) is 0 Å². The van der Waals surface area contributed by atoms with E-state index in [-0.39, 0.29) is 6.04 Å². The SMILES string of the molecule is CCCC(=O)[C@@H](C)N(CC)CC. The predicted octanol–water partition coefficient (Wildman–Crippen LogP) is 2.09. The van der Waals surface area contributed by atoms with E-state index in [0.717, 1.165) is 25.9 Å². The van der Waals surface area contributed by atoms with E-state index < -0.39 is 0 Å². The summed E-state index contributed by atoms with van der Waals surface area (Å²) in [6.07, 6.45) is 1.68. The van der Waals surface area contributed by atoms with Crippen LogP contribution < -0.4 is 0 Å². The van der Waals surface area contributed by atoms with Crippen molar-refractivity contribution in [3.63, 3.8) is 0 Å². The molecule has 0 aromatic heterocycles. The van der Waals surface area contributed by atoms with Gasteiger partial charge < -0.3 is 0 Å². The average molecular weight is 171 g/mol. The second-order valence-corrected chi connectivity index (χ2v) is 3.11. The molecule has 0 spiro atoms. The second-order valence-electron chi connectivity index (χ2n) is 3.11. The van der Waals surface area contributed by atoms with Gasteiger partial charge in [0, 0.05) is 6.42 Å². The number of likely N-dealkylation sites (N-methyl/N-ethyl adjacent to an activating group) is 1. The van der Waals surface area contributed by atoms with Crippen LogP contribution in [0.1, 0.15) is 40.5 Å². The van der Waals surface area contributed by atoms with Gasteiger partial charge >= 0.3 is 0 Å². The summed E-state index contributed by atoms with van der Waals surface area (Å²) in [7, 11) is 0. The van der Waals surface area contributed by atoms with Gasteiger partial charge in [0.25, 0.3) is 0 Å². The van der Waals surface area contributed by atoms with E-state index in [1.807, 2.05) is 13.8 Å². The standard InChI is InChI=1S/C10H21NO/c1-5-8-10(12)9(4)11(6-2)7-3/h9H,5-8H2,1-4H3/t9-/m1/s1. The molecule has 0 bridgehead atoms. The fraction of sp³-hybridized carbons (Fsp3) is 0.900. The quantitative estimate of drug-likeness (QED) is 0.610. The summed E-state index contributed by atoms with van der Waals surface area (Å²) >= 11 is 0. The Balaban J connectivity index is 3.96. The fourth-order valence-electron chi connectivity index (χ4n) is 1.43. The van der Waals surface area contributed by atoms with Gasteiger partial charge in [-0.2, -0.15) is 0 Å². The highest BCUT2D eigenvalue weighted by atomic mass is 16.1. The normalized spacial score (nSPS) is 13.4. The predicted molar refractivity (Wildman–Crippen MR) is 52.3 cm³/mol. The third kappa shape index (κ3) is 3.35. The lowest BCUT2D eigenvalue weighted by Crippen LogP contribution is -2.38. The Bertz CT molecular complexity index is 130. The number of hydrogen-bond donors (Lipinski definition) is 0. The van der Waals surface area contributed by atoms with E-state index >= 15 is 0 Å². The van der Waals surface area contributed by atoms with Crippen molar-refractivity contribution < 1.29 is 4.79 Å². The molecule has 0 rings (SSSR count). The lowest BCUT2D eigenvalue weighted by molar-refractivity contribution is -0.123. The first-order chi connectivity index (χ1) is 5.67. The Morgan fingerprint density at radius 3 is 2.08 bits per heavy atom. The minimum atomic E-state index is 0.111. The van der Waals surface area contributed by atoms with Gasteiger partial charge in [-0.3, -0.25) is 9.69 Å². The molecule has 12 heavy (non-hydrogen) atoms. The molecule has 2 heteroatoms. The summed E-state index contributed by atoms with van der Waals surface area (Å²) in [5.74, 6) is 0.376. The fourth-order valence-corrected chi connectivity index (χ4v) is 1.43. The Labute approximate surface area is 75.9 Å². The molecule has 0 radical (unpaired) electrons. The third-order valence-corrected chi connectivity index (χ3v) is 2.32. The summed E-state index contributed by atoms with van der Waals surface area (Å²) < 4.78 is 0. The largest absolute Gasteiger partial charge is 0.298 e. The molecule has 0 unspecified atom stereocenters. The van der Waals surface area contributed by atoms with Gasteiger partial charge in [-0.05, 0) is 26.4 Å². The molecule has 0 aliphatic heterocycles. The van der Waals surface area contributed by atoms with Crippen LogP contribution in [0, 0.1) is 0 Å². The molecule has 0 saturated carbocycles. The maximum atomic E-state index is 11.5. The number of Topliss-reactive ketones (excluding diaryl/α,β-unsaturated/α-hetero) is 1. The third-order valence-electron chi connectivity index (χ3n) is 2.32. The Kier molecular flexibility index (Phi) is 5.99. The first-order valence-electron chi connectivity index (χ1n) is 4.94. The molecule has 0 heterocycles. The molecule has 0 fully saturated rings. The van der Waals surface area contributed by atoms with Crippen molar-refractivity contribution >= 4 is 5.78 Å². The smallest absolute Gasteiger partial charge is 0.149 e. The van der Waals surface area contributed by atoms with Crippen LogP contribution in [-0.2, 0) is 4.79 Å². The first kappa shape index (κ1) is 11.6. The summed E-state index contributed by atoms with van der Waals surface area (Å²) in [5.41, 5.74) is 0. The van der Waals surface area contributed by atoms with Crippen molar-refractivity contribution in [2.45, 2.75) is 46.6 Å². The van der Waals surface area contributed by atoms with Gasteiger partial charge in [0.2, 0.25) is 0 Å². The van der Waals surface area contributed by atoms with Crippen LogP contribution in [0.15, 0.2) is 0 Å². The van der Waals surface area contributed by atoms with Crippen LogP contribution in [0.3, 0.4) is 0 Å². The van der Waals surface area contributed by atoms with Gasteiger partial charge in [0.15, 0.2) is 0 Å². The van der Waals surface area contributed by atoms with E-state index in [9.17, 15) is 4.79 Å². The minimum absolute atomic E-state index is 0.111. The van der Waals surface area contributed by atoms with Crippen LogP contribution in [-0.4, -0.2) is 29.8 Å². The molecule has 0 saturated heterocycles. The number of carbonyl (C=O) groups excluding carboxylic acids is 1. The van der Waals surface area contributed by atoms with Crippen LogP contribution in [0.25, 0.3) is 0 Å². The summed E-state index contributed by atoms with van der Waals surface area (Å²) in [6, 6.07) is 0.111. The highest BCUT2D eigenvalue weighted by Crippen LogP contribution is 2.03. The van der Waals surface area contributed by atoms with Crippen LogP contribution >= 0.6 is 0 Å². The van der Waals surface area contributed by atoms with Crippen molar-refractivity contribution in [1.29, 1.82) is 0 Å². The molecule has 0 aliphatic rings. The highest BCUT2D eigenvalue weighted by molar-refractivity contribution is 5.83. The summed E-state index contributed by atoms with van der Waals surface area (Å²) in [5, 5.41) is 0. The summed E-state index contributed by atoms with van der Waals surface area (Å²) in [6.45, 7) is 10.2. The van der Waals surface area contributed by atoms with Gasteiger partial charge in [0.1, 0.15) is 5.78 Å². The van der Waals surface area contributed by atoms with Crippen LogP contribution in [0.5, 0.6) is 0 Å². The monoisotopic (exact) mass is 171 g/mol. The van der Waals surface area contributed by atoms with Gasteiger partial charge in [-0.15, -0.1) is 0 Å². The van der Waals surface area contributed by atoms with E-state index in [2.05, 4.69) is 18.7 Å². The summed E-state index contributed by atoms with van der Waals surface area (Å²) in [4.78, 5) is 13.7. The lowest BCUT2D eigenvalue weighted by Gasteiger charge is -2.24. The Morgan fingerprint density at radius 2 is 1.75 bits per heavy atom. The zero-order chi connectivity index (χ0) is 9.56. The van der Waals surface area contributed by atoms with Crippen molar-refractivity contribution in [2.24, 2.45) is 0 Å². The molecule has 0 N–H and O–H groups in total. The number of hydrogen-bond acceptors (Lipinski definition) is 2. The maximum Gasteiger partial charge on any atom is 0.149 e. The molecular weight excluding hydrogens is 150 g/mol. The molecule has 0 aromatic carbocycles. The molecule has 1 atom stereocenters. The zero-order valence-corrected chi connectivity index (χ0v) is 8.76. The van der Waals surface area contributed by atoms with Crippen molar-refractivity contribution in [2.75, 3.05) is 13.1 Å². The van der Waals surface area contributed by atoms with E-state index in [1.54, 1.807) is 0 Å². The number of rotatable bonds is 6. The van der Waals surface area contributed by atoms with Crippen molar-refractivity contribution in [1.82, 2.24) is 4.90 Å². The molecule has 2 nitrogen and oxygen atoms in total. The van der Waals surface area contributed by atoms with Gasteiger partial charge in [0.05, 0.1) is 6.04 Å². The maximum absolute atomic E-state index is 11.5. The van der Waals surface area contributed by atoms with Crippen molar-refractivity contribution in [3.05, 3.63) is 0 Å². The molecule has 0 amide bonds. The second kappa shape index (κ2) is 6.18. The molecular formula is C10H21NO. The van der Waals surface area contributed by atoms with Gasteiger partial charge in [-0.1, -0.05) is 20.8 Å². The first-order valence-corrected chi connectivity index (χ1v) is 4.94. The number of carbonyl (C=O) groups is 1. The van der Waals surface area contributed by atoms with E-state index in [0.29, 0.717) is 5.78 Å². The van der Waals surface area contributed by atoms with Gasteiger partial charge in [-0.25, -0.2) is 0 Å². The topological polar surface area (TPSA) is 20.3 Å². The lowest BCUT2D eigenvalue weighted by atomic mass is 10.1. The number of nitrogens with zero attached hydrogens (tertiary/aromatic N) is 1. The Hall–Kier alpha value is -0.370. The van der Waals surface area contributed by atoms with Crippen LogP contribution in [0.4, 0.5) is 0 Å². The minimum Gasteiger partial charge on any atom is -0.298 e. The van der Waals surface area contributed by atoms with Crippen molar-refractivity contribution in [3.8, 4) is 0 Å². The molecule has 72 valence electrons. The molecule has 0 aliphatic carbocycles. The molecule has 0 aromatic rings. The van der Waals surface area contributed by atoms with E-state index in [1.165, 1.54) is 0 Å². The Morgan fingerprint density at radius 1 is 1.25 bits per heavy atom. The zero-order valence-electron chi connectivity index (χ0n) is 8.76. The van der Waals surface area contributed by atoms with E-state index in [4.69, 9.17) is 0 Å². The highest BCUT2D eigenvalue weighted by Gasteiger charge is 2.16. The average Bonchev–Trinajstić information content (AvgIpc) is 2.07. The number of ketones is 1.